The molecular formula is C18H26N4O2. The van der Waals surface area contributed by atoms with Gasteiger partial charge in [0.25, 0.3) is 0 Å². The van der Waals surface area contributed by atoms with Gasteiger partial charge in [-0.05, 0) is 32.4 Å². The molecule has 1 aliphatic carbocycles. The number of carbonyl (C=O) groups is 1. The summed E-state index contributed by atoms with van der Waals surface area (Å²) in [6, 6.07) is 5.80. The quantitative estimate of drug-likeness (QED) is 0.886. The first-order chi connectivity index (χ1) is 11.4. The van der Waals surface area contributed by atoms with Crippen LogP contribution in [0, 0.1) is 5.41 Å². The van der Waals surface area contributed by atoms with Gasteiger partial charge in [0.1, 0.15) is 5.65 Å². The molecule has 24 heavy (non-hydrogen) atoms. The van der Waals surface area contributed by atoms with E-state index >= 15 is 0 Å². The predicted octanol–water partition coefficient (Wildman–Crippen LogP) is 2.73. The largest absolute Gasteiger partial charge is 0.375 e. The Balaban J connectivity index is 1.49. The second-order valence-corrected chi connectivity index (χ2v) is 7.31. The fraction of sp³-hybridized carbons (Fsp3) is 0.556. The van der Waals surface area contributed by atoms with Gasteiger partial charge in [-0.3, -0.25) is 0 Å². The van der Waals surface area contributed by atoms with E-state index in [9.17, 15) is 4.79 Å². The van der Waals surface area contributed by atoms with Crippen LogP contribution in [0.1, 0.15) is 39.8 Å². The van der Waals surface area contributed by atoms with Crippen LogP contribution in [0.2, 0.25) is 0 Å². The van der Waals surface area contributed by atoms with E-state index in [1.807, 2.05) is 48.8 Å². The highest BCUT2D eigenvalue weighted by Crippen LogP contribution is 2.43. The summed E-state index contributed by atoms with van der Waals surface area (Å²) in [7, 11) is 0. The van der Waals surface area contributed by atoms with E-state index in [1.165, 1.54) is 0 Å². The summed E-state index contributed by atoms with van der Waals surface area (Å²) >= 11 is 0. The molecule has 2 atom stereocenters. The maximum Gasteiger partial charge on any atom is 0.315 e. The van der Waals surface area contributed by atoms with Crippen LogP contribution in [0.5, 0.6) is 0 Å². The van der Waals surface area contributed by atoms with Gasteiger partial charge in [0.2, 0.25) is 0 Å². The molecule has 0 aromatic carbocycles. The number of rotatable bonds is 5. The molecule has 130 valence electrons. The minimum absolute atomic E-state index is 0.0509. The highest BCUT2D eigenvalue weighted by molar-refractivity contribution is 5.74. The fourth-order valence-corrected chi connectivity index (χ4v) is 3.14. The zero-order chi connectivity index (χ0) is 17.3. The number of hydrogen-bond acceptors (Lipinski definition) is 3. The minimum Gasteiger partial charge on any atom is -0.375 e. The zero-order valence-electron chi connectivity index (χ0n) is 14.7. The normalized spacial score (nSPS) is 22.4. The molecule has 2 amide bonds. The van der Waals surface area contributed by atoms with Crippen LogP contribution in [-0.4, -0.2) is 33.7 Å². The number of carbonyl (C=O) groups excluding carboxylic acids is 1. The van der Waals surface area contributed by atoms with Gasteiger partial charge < -0.3 is 19.8 Å². The monoisotopic (exact) mass is 330 g/mol. The van der Waals surface area contributed by atoms with Crippen molar-refractivity contribution in [2.45, 2.75) is 58.9 Å². The van der Waals surface area contributed by atoms with E-state index in [0.717, 1.165) is 17.8 Å². The predicted molar refractivity (Wildman–Crippen MR) is 92.8 cm³/mol. The van der Waals surface area contributed by atoms with Crippen molar-refractivity contribution in [1.29, 1.82) is 0 Å². The molecule has 2 N–H and O–H groups in total. The topological polar surface area (TPSA) is 67.7 Å². The molecule has 6 heteroatoms. The van der Waals surface area contributed by atoms with Crippen LogP contribution in [0.25, 0.3) is 5.65 Å². The number of nitrogens with one attached hydrogen (secondary N) is 2. The number of hydrogen-bond donors (Lipinski definition) is 2. The molecule has 6 nitrogen and oxygen atoms in total. The molecule has 2 aromatic rings. The SMILES string of the molecule is CC(C)OC1CC(NC(=O)NCc2cn3ccccc3n2)C1(C)C. The van der Waals surface area contributed by atoms with Gasteiger partial charge in [0.15, 0.2) is 0 Å². The number of nitrogens with zero attached hydrogens (tertiary/aromatic N) is 2. The summed E-state index contributed by atoms with van der Waals surface area (Å²) in [4.78, 5) is 16.6. The summed E-state index contributed by atoms with van der Waals surface area (Å²) in [6.45, 7) is 8.76. The van der Waals surface area contributed by atoms with Crippen molar-refractivity contribution in [2.24, 2.45) is 5.41 Å². The molecule has 2 heterocycles. The van der Waals surface area contributed by atoms with Crippen LogP contribution in [0.3, 0.4) is 0 Å². The first-order valence-electron chi connectivity index (χ1n) is 8.48. The summed E-state index contributed by atoms with van der Waals surface area (Å²) in [5.74, 6) is 0. The lowest BCUT2D eigenvalue weighted by atomic mass is 9.64. The number of aromatic nitrogens is 2. The van der Waals surface area contributed by atoms with E-state index in [1.54, 1.807) is 0 Å². The third-order valence-electron chi connectivity index (χ3n) is 4.76. The molecule has 0 spiro atoms. The fourth-order valence-electron chi connectivity index (χ4n) is 3.14. The Morgan fingerprint density at radius 2 is 2.25 bits per heavy atom. The first kappa shape index (κ1) is 16.8. The van der Waals surface area contributed by atoms with Crippen molar-refractivity contribution in [3.8, 4) is 0 Å². The second kappa shape index (κ2) is 6.43. The number of fused-ring (bicyclic) bond motifs is 1. The molecular weight excluding hydrogens is 304 g/mol. The van der Waals surface area contributed by atoms with Crippen LogP contribution in [-0.2, 0) is 11.3 Å². The van der Waals surface area contributed by atoms with Crippen LogP contribution >= 0.6 is 0 Å². The van der Waals surface area contributed by atoms with E-state index in [2.05, 4.69) is 29.5 Å². The summed E-state index contributed by atoms with van der Waals surface area (Å²) in [5, 5.41) is 5.93. The Hall–Kier alpha value is -2.08. The lowest BCUT2D eigenvalue weighted by Gasteiger charge is -2.52. The first-order valence-corrected chi connectivity index (χ1v) is 8.48. The van der Waals surface area contributed by atoms with Crippen LogP contribution in [0.4, 0.5) is 4.79 Å². The summed E-state index contributed by atoms with van der Waals surface area (Å²) < 4.78 is 7.83. The molecule has 0 saturated heterocycles. The van der Waals surface area contributed by atoms with E-state index in [0.29, 0.717) is 6.54 Å². The number of pyridine rings is 1. The molecule has 3 rings (SSSR count). The molecule has 1 saturated carbocycles. The van der Waals surface area contributed by atoms with Gasteiger partial charge in [-0.25, -0.2) is 9.78 Å². The molecule has 2 unspecified atom stereocenters. The molecule has 0 radical (unpaired) electrons. The molecule has 0 bridgehead atoms. The van der Waals surface area contributed by atoms with E-state index in [-0.39, 0.29) is 29.7 Å². The lowest BCUT2D eigenvalue weighted by molar-refractivity contribution is -0.135. The van der Waals surface area contributed by atoms with Crippen molar-refractivity contribution in [3.63, 3.8) is 0 Å². The highest BCUT2D eigenvalue weighted by Gasteiger charge is 2.50. The Bertz CT molecular complexity index is 690. The zero-order valence-corrected chi connectivity index (χ0v) is 14.7. The van der Waals surface area contributed by atoms with Crippen LogP contribution in [0.15, 0.2) is 30.6 Å². The van der Waals surface area contributed by atoms with Crippen molar-refractivity contribution in [1.82, 2.24) is 20.0 Å². The van der Waals surface area contributed by atoms with Crippen molar-refractivity contribution in [2.75, 3.05) is 0 Å². The standard InChI is InChI=1S/C18H26N4O2/c1-12(2)24-15-9-14(18(15,3)4)21-17(23)19-10-13-11-22-8-6-5-7-16(22)20-13/h5-8,11-12,14-15H,9-10H2,1-4H3,(H2,19,21,23). The maximum absolute atomic E-state index is 12.2. The third kappa shape index (κ3) is 3.38. The smallest absolute Gasteiger partial charge is 0.315 e. The van der Waals surface area contributed by atoms with Gasteiger partial charge in [-0.1, -0.05) is 19.9 Å². The van der Waals surface area contributed by atoms with Gasteiger partial charge in [0.05, 0.1) is 24.4 Å². The highest BCUT2D eigenvalue weighted by atomic mass is 16.5. The van der Waals surface area contributed by atoms with Gasteiger partial charge in [-0.2, -0.15) is 0 Å². The van der Waals surface area contributed by atoms with E-state index < -0.39 is 0 Å². The summed E-state index contributed by atoms with van der Waals surface area (Å²) in [5.41, 5.74) is 1.67. The maximum atomic E-state index is 12.2. The summed E-state index contributed by atoms with van der Waals surface area (Å²) in [6.07, 6.45) is 5.13. The Kier molecular flexibility index (Phi) is 4.49. The van der Waals surface area contributed by atoms with Crippen molar-refractivity contribution >= 4 is 11.7 Å². The molecule has 2 aromatic heterocycles. The number of amides is 2. The Morgan fingerprint density at radius 1 is 1.46 bits per heavy atom. The third-order valence-corrected chi connectivity index (χ3v) is 4.76. The minimum atomic E-state index is -0.159. The Morgan fingerprint density at radius 3 is 2.92 bits per heavy atom. The molecule has 1 aliphatic rings. The molecule has 0 aliphatic heterocycles. The number of urea groups is 1. The number of ether oxygens (including phenoxy) is 1. The van der Waals surface area contributed by atoms with Gasteiger partial charge in [-0.15, -0.1) is 0 Å². The van der Waals surface area contributed by atoms with Crippen LogP contribution < -0.4 is 10.6 Å². The average Bonchev–Trinajstić information content (AvgIpc) is 2.94. The van der Waals surface area contributed by atoms with Gasteiger partial charge >= 0.3 is 6.03 Å². The second-order valence-electron chi connectivity index (χ2n) is 7.31. The van der Waals surface area contributed by atoms with Crippen molar-refractivity contribution < 1.29 is 9.53 Å². The Labute approximate surface area is 142 Å². The molecule has 1 fully saturated rings. The number of imidazole rings is 1. The average molecular weight is 330 g/mol. The van der Waals surface area contributed by atoms with Gasteiger partial charge in [0, 0.05) is 23.9 Å². The van der Waals surface area contributed by atoms with Crippen molar-refractivity contribution in [3.05, 3.63) is 36.3 Å². The lowest BCUT2D eigenvalue weighted by Crippen LogP contribution is -2.63. The van der Waals surface area contributed by atoms with E-state index in [4.69, 9.17) is 4.74 Å².